The zero-order valence-corrected chi connectivity index (χ0v) is 8.53. The highest BCUT2D eigenvalue weighted by atomic mass is 16.4. The number of rotatable bonds is 2. The van der Waals surface area contributed by atoms with Crippen LogP contribution in [0.5, 0.6) is 0 Å². The van der Waals surface area contributed by atoms with Crippen molar-refractivity contribution in [2.75, 3.05) is 5.32 Å². The average Bonchev–Trinajstić information content (AvgIpc) is 2.72. The predicted molar refractivity (Wildman–Crippen MR) is 58.4 cm³/mol. The molecule has 7 heteroatoms. The molecule has 0 aliphatic carbocycles. The van der Waals surface area contributed by atoms with Gasteiger partial charge in [0.1, 0.15) is 11.8 Å². The van der Waals surface area contributed by atoms with E-state index < -0.39 is 12.2 Å². The Morgan fingerprint density at radius 2 is 2.35 bits per heavy atom. The van der Waals surface area contributed by atoms with Crippen molar-refractivity contribution < 1.29 is 15.0 Å². The Kier molecular flexibility index (Phi) is 2.64. The van der Waals surface area contributed by atoms with Crippen molar-refractivity contribution in [3.63, 3.8) is 0 Å². The number of aliphatic hydroxyl groups is 1. The second-order valence-corrected chi connectivity index (χ2v) is 3.16. The first kappa shape index (κ1) is 10.9. The van der Waals surface area contributed by atoms with Crippen LogP contribution < -0.4 is 5.32 Å². The summed E-state index contributed by atoms with van der Waals surface area (Å²) >= 11 is 0. The zero-order valence-electron chi connectivity index (χ0n) is 8.53. The SMILES string of the molecule is C#CC(O)c1ccc2c(NC(=O)O)ncnn12. The molecule has 2 aromatic heterocycles. The molecule has 0 saturated carbocycles. The fourth-order valence-corrected chi connectivity index (χ4v) is 1.44. The Labute approximate surface area is 95.7 Å². The number of nitrogens with one attached hydrogen (secondary N) is 1. The van der Waals surface area contributed by atoms with Crippen molar-refractivity contribution in [1.29, 1.82) is 0 Å². The van der Waals surface area contributed by atoms with Crippen LogP contribution >= 0.6 is 0 Å². The number of amides is 1. The number of hydrogen-bond donors (Lipinski definition) is 3. The van der Waals surface area contributed by atoms with Gasteiger partial charge in [-0.25, -0.2) is 14.3 Å². The Bertz CT molecular complexity index is 614. The van der Waals surface area contributed by atoms with Gasteiger partial charge < -0.3 is 10.2 Å². The molecule has 1 unspecified atom stereocenters. The summed E-state index contributed by atoms with van der Waals surface area (Å²) < 4.78 is 1.34. The summed E-state index contributed by atoms with van der Waals surface area (Å²) in [5.41, 5.74) is 0.789. The highest BCUT2D eigenvalue weighted by Gasteiger charge is 2.13. The van der Waals surface area contributed by atoms with Crippen LogP contribution in [0.15, 0.2) is 18.5 Å². The number of aliphatic hydroxyl groups excluding tert-OH is 1. The molecule has 2 aromatic rings. The zero-order chi connectivity index (χ0) is 12.4. The van der Waals surface area contributed by atoms with Crippen molar-refractivity contribution in [1.82, 2.24) is 14.6 Å². The standard InChI is InChI=1S/C10H8N4O3/c1-2-8(15)6-3-4-7-9(13-10(16)17)11-5-12-14(6)7/h1,3-5,8,15H,(H,16,17)(H,11,12,13). The van der Waals surface area contributed by atoms with Gasteiger partial charge in [0, 0.05) is 0 Å². The van der Waals surface area contributed by atoms with Crippen LogP contribution in [0.25, 0.3) is 5.52 Å². The molecule has 7 nitrogen and oxygen atoms in total. The molecule has 0 radical (unpaired) electrons. The number of carboxylic acid groups (broad SMARTS) is 1. The molecule has 0 aliphatic heterocycles. The fraction of sp³-hybridized carbons (Fsp3) is 0.100. The monoisotopic (exact) mass is 232 g/mol. The molecule has 0 aliphatic rings. The minimum atomic E-state index is -1.23. The topological polar surface area (TPSA) is 99.8 Å². The van der Waals surface area contributed by atoms with Crippen LogP contribution in [0, 0.1) is 12.3 Å². The lowest BCUT2D eigenvalue weighted by Crippen LogP contribution is -2.11. The second-order valence-electron chi connectivity index (χ2n) is 3.16. The molecule has 1 atom stereocenters. The number of terminal acetylenes is 1. The summed E-state index contributed by atoms with van der Waals surface area (Å²) in [7, 11) is 0. The summed E-state index contributed by atoms with van der Waals surface area (Å²) in [6.45, 7) is 0. The highest BCUT2D eigenvalue weighted by molar-refractivity contribution is 5.87. The van der Waals surface area contributed by atoms with Gasteiger partial charge in [0.05, 0.1) is 5.69 Å². The summed E-state index contributed by atoms with van der Waals surface area (Å²) in [6.07, 6.45) is 3.94. The Morgan fingerprint density at radius 3 is 3.00 bits per heavy atom. The van der Waals surface area contributed by atoms with Crippen LogP contribution in [-0.2, 0) is 0 Å². The predicted octanol–water partition coefficient (Wildman–Crippen LogP) is 0.486. The highest BCUT2D eigenvalue weighted by Crippen LogP contribution is 2.19. The van der Waals surface area contributed by atoms with E-state index in [1.54, 1.807) is 12.1 Å². The average molecular weight is 232 g/mol. The molecule has 3 N–H and O–H groups in total. The first-order valence-corrected chi connectivity index (χ1v) is 4.60. The Hall–Kier alpha value is -2.59. The van der Waals surface area contributed by atoms with Crippen LogP contribution in [-0.4, -0.2) is 30.9 Å². The fourth-order valence-electron chi connectivity index (χ4n) is 1.44. The number of aromatic nitrogens is 3. The van der Waals surface area contributed by atoms with E-state index in [2.05, 4.69) is 21.3 Å². The van der Waals surface area contributed by atoms with E-state index in [1.807, 2.05) is 0 Å². The third kappa shape index (κ3) is 1.89. The van der Waals surface area contributed by atoms with E-state index in [-0.39, 0.29) is 5.82 Å². The Balaban J connectivity index is 2.57. The maximum absolute atomic E-state index is 10.5. The third-order valence-corrected chi connectivity index (χ3v) is 2.14. The number of hydrogen-bond acceptors (Lipinski definition) is 4. The second kappa shape index (κ2) is 4.11. The number of fused-ring (bicyclic) bond motifs is 1. The van der Waals surface area contributed by atoms with Gasteiger partial charge in [-0.15, -0.1) is 6.42 Å². The summed E-state index contributed by atoms with van der Waals surface area (Å²) in [4.78, 5) is 14.3. The van der Waals surface area contributed by atoms with E-state index in [9.17, 15) is 9.90 Å². The lowest BCUT2D eigenvalue weighted by atomic mass is 10.3. The summed E-state index contributed by atoms with van der Waals surface area (Å²) in [6, 6.07) is 3.13. The van der Waals surface area contributed by atoms with Gasteiger partial charge in [0.2, 0.25) is 0 Å². The molecule has 1 amide bonds. The number of carbonyl (C=O) groups is 1. The van der Waals surface area contributed by atoms with E-state index >= 15 is 0 Å². The van der Waals surface area contributed by atoms with Gasteiger partial charge in [-0.3, -0.25) is 5.32 Å². The number of nitrogens with zero attached hydrogens (tertiary/aromatic N) is 3. The van der Waals surface area contributed by atoms with Gasteiger partial charge in [-0.1, -0.05) is 5.92 Å². The number of anilines is 1. The van der Waals surface area contributed by atoms with Gasteiger partial charge in [-0.05, 0) is 12.1 Å². The van der Waals surface area contributed by atoms with E-state index in [4.69, 9.17) is 11.5 Å². The lowest BCUT2D eigenvalue weighted by molar-refractivity contribution is 0.209. The molecular weight excluding hydrogens is 224 g/mol. The van der Waals surface area contributed by atoms with Crippen LogP contribution in [0.3, 0.4) is 0 Å². The van der Waals surface area contributed by atoms with Crippen molar-refractivity contribution in [3.05, 3.63) is 24.2 Å². The van der Waals surface area contributed by atoms with Crippen molar-refractivity contribution in [2.24, 2.45) is 0 Å². The molecule has 2 heterocycles. The van der Waals surface area contributed by atoms with Gasteiger partial charge in [0.25, 0.3) is 0 Å². The maximum Gasteiger partial charge on any atom is 0.410 e. The van der Waals surface area contributed by atoms with Crippen LogP contribution in [0.1, 0.15) is 11.8 Å². The molecule has 0 saturated heterocycles. The third-order valence-electron chi connectivity index (χ3n) is 2.14. The maximum atomic E-state index is 10.5. The van der Waals surface area contributed by atoms with Gasteiger partial charge >= 0.3 is 6.09 Å². The molecular formula is C10H8N4O3. The first-order chi connectivity index (χ1) is 8.13. The van der Waals surface area contributed by atoms with Crippen LogP contribution in [0.2, 0.25) is 0 Å². The van der Waals surface area contributed by atoms with Crippen molar-refractivity contribution in [2.45, 2.75) is 6.10 Å². The van der Waals surface area contributed by atoms with Gasteiger partial charge in [0.15, 0.2) is 11.9 Å². The van der Waals surface area contributed by atoms with Crippen molar-refractivity contribution >= 4 is 17.4 Å². The molecule has 0 aromatic carbocycles. The normalized spacial score (nSPS) is 12.0. The van der Waals surface area contributed by atoms with Crippen molar-refractivity contribution in [3.8, 4) is 12.3 Å². The molecule has 86 valence electrons. The van der Waals surface area contributed by atoms with E-state index in [1.165, 1.54) is 10.8 Å². The minimum absolute atomic E-state index is 0.128. The molecule has 0 fully saturated rings. The minimum Gasteiger partial charge on any atom is -0.465 e. The smallest absolute Gasteiger partial charge is 0.410 e. The van der Waals surface area contributed by atoms with E-state index in [0.717, 1.165) is 0 Å². The van der Waals surface area contributed by atoms with Gasteiger partial charge in [-0.2, -0.15) is 5.10 Å². The quantitative estimate of drug-likeness (QED) is 0.654. The molecule has 0 bridgehead atoms. The van der Waals surface area contributed by atoms with Crippen LogP contribution in [0.4, 0.5) is 10.6 Å². The Morgan fingerprint density at radius 1 is 1.59 bits per heavy atom. The first-order valence-electron chi connectivity index (χ1n) is 4.60. The summed E-state index contributed by atoms with van der Waals surface area (Å²) in [5, 5.41) is 24.2. The molecule has 0 spiro atoms. The summed E-state index contributed by atoms with van der Waals surface area (Å²) in [5.74, 6) is 2.29. The van der Waals surface area contributed by atoms with E-state index in [0.29, 0.717) is 11.2 Å². The largest absolute Gasteiger partial charge is 0.465 e. The lowest BCUT2D eigenvalue weighted by Gasteiger charge is -2.05. The molecule has 2 rings (SSSR count). The molecule has 17 heavy (non-hydrogen) atoms.